The number of halogens is 2. The van der Waals surface area contributed by atoms with Gasteiger partial charge in [-0.15, -0.1) is 0 Å². The minimum Gasteiger partial charge on any atom is -0.370 e. The first-order chi connectivity index (χ1) is 9.58. The number of aryl methyl sites for hydroxylation is 1. The minimum absolute atomic E-state index is 0.230. The predicted octanol–water partition coefficient (Wildman–Crippen LogP) is 3.11. The van der Waals surface area contributed by atoms with Gasteiger partial charge < -0.3 is 10.6 Å². The number of rotatable bonds is 5. The van der Waals surface area contributed by atoms with Crippen molar-refractivity contribution >= 4 is 11.6 Å². The summed E-state index contributed by atoms with van der Waals surface area (Å²) in [4.78, 5) is 8.44. The highest BCUT2D eigenvalue weighted by Crippen LogP contribution is 2.14. The monoisotopic (exact) mass is 278 g/mol. The van der Waals surface area contributed by atoms with Crippen LogP contribution < -0.4 is 10.6 Å². The third-order valence-corrected chi connectivity index (χ3v) is 2.67. The van der Waals surface area contributed by atoms with Gasteiger partial charge in [-0.1, -0.05) is 6.07 Å². The zero-order valence-corrected chi connectivity index (χ0v) is 11.4. The lowest BCUT2D eigenvalue weighted by Gasteiger charge is -2.09. The van der Waals surface area contributed by atoms with Crippen LogP contribution in [0.2, 0.25) is 0 Å². The number of anilines is 2. The third-order valence-electron chi connectivity index (χ3n) is 2.67. The molecule has 6 heteroatoms. The molecule has 0 spiro atoms. The zero-order valence-electron chi connectivity index (χ0n) is 11.4. The van der Waals surface area contributed by atoms with Crippen molar-refractivity contribution in [2.45, 2.75) is 20.4 Å². The van der Waals surface area contributed by atoms with Gasteiger partial charge in [0.2, 0.25) is 0 Å². The van der Waals surface area contributed by atoms with E-state index in [4.69, 9.17) is 0 Å². The molecule has 4 nitrogen and oxygen atoms in total. The van der Waals surface area contributed by atoms with Crippen molar-refractivity contribution in [3.8, 4) is 0 Å². The fourth-order valence-electron chi connectivity index (χ4n) is 1.78. The van der Waals surface area contributed by atoms with Crippen molar-refractivity contribution in [3.63, 3.8) is 0 Å². The van der Waals surface area contributed by atoms with Crippen LogP contribution in [0.5, 0.6) is 0 Å². The lowest BCUT2D eigenvalue weighted by Crippen LogP contribution is -2.07. The SMILES string of the molecule is CCNc1cc(NCc2ccc(F)cc2F)nc(C)n1. The van der Waals surface area contributed by atoms with Crippen LogP contribution in [-0.4, -0.2) is 16.5 Å². The molecule has 0 bridgehead atoms. The van der Waals surface area contributed by atoms with E-state index in [2.05, 4.69) is 20.6 Å². The van der Waals surface area contributed by atoms with Crippen LogP contribution in [0.1, 0.15) is 18.3 Å². The van der Waals surface area contributed by atoms with E-state index in [1.54, 1.807) is 13.0 Å². The Bertz CT molecular complexity index is 602. The first kappa shape index (κ1) is 14.2. The molecule has 0 aliphatic carbocycles. The molecule has 0 amide bonds. The summed E-state index contributed by atoms with van der Waals surface area (Å²) in [6, 6.07) is 5.26. The topological polar surface area (TPSA) is 49.8 Å². The van der Waals surface area contributed by atoms with E-state index in [0.29, 0.717) is 23.0 Å². The summed E-state index contributed by atoms with van der Waals surface area (Å²) in [7, 11) is 0. The lowest BCUT2D eigenvalue weighted by molar-refractivity contribution is 0.574. The number of nitrogens with zero attached hydrogens (tertiary/aromatic N) is 2. The Kier molecular flexibility index (Phi) is 4.45. The Balaban J connectivity index is 2.10. The molecule has 1 heterocycles. The molecule has 0 aliphatic rings. The average molecular weight is 278 g/mol. The van der Waals surface area contributed by atoms with Crippen LogP contribution in [0.3, 0.4) is 0 Å². The highest BCUT2D eigenvalue weighted by Gasteiger charge is 2.05. The highest BCUT2D eigenvalue weighted by atomic mass is 19.1. The normalized spacial score (nSPS) is 10.4. The Morgan fingerprint density at radius 3 is 2.40 bits per heavy atom. The number of benzene rings is 1. The van der Waals surface area contributed by atoms with Gasteiger partial charge in [0.25, 0.3) is 0 Å². The van der Waals surface area contributed by atoms with Gasteiger partial charge in [-0.25, -0.2) is 18.7 Å². The molecular formula is C14H16F2N4. The Morgan fingerprint density at radius 2 is 1.75 bits per heavy atom. The third kappa shape index (κ3) is 3.63. The Morgan fingerprint density at radius 1 is 1.05 bits per heavy atom. The molecule has 2 N–H and O–H groups in total. The molecule has 0 saturated carbocycles. The van der Waals surface area contributed by atoms with E-state index < -0.39 is 11.6 Å². The van der Waals surface area contributed by atoms with Crippen molar-refractivity contribution in [1.82, 2.24) is 9.97 Å². The summed E-state index contributed by atoms with van der Waals surface area (Å²) >= 11 is 0. The van der Waals surface area contributed by atoms with E-state index in [-0.39, 0.29) is 6.54 Å². The maximum Gasteiger partial charge on any atom is 0.132 e. The second-order valence-corrected chi connectivity index (χ2v) is 4.31. The van der Waals surface area contributed by atoms with Gasteiger partial charge in [-0.2, -0.15) is 0 Å². The average Bonchev–Trinajstić information content (AvgIpc) is 2.37. The fraction of sp³-hybridized carbons (Fsp3) is 0.286. The Hall–Kier alpha value is -2.24. The van der Waals surface area contributed by atoms with E-state index in [1.807, 2.05) is 6.92 Å². The van der Waals surface area contributed by atoms with Crippen molar-refractivity contribution in [3.05, 3.63) is 47.3 Å². The molecule has 0 atom stereocenters. The second kappa shape index (κ2) is 6.27. The van der Waals surface area contributed by atoms with Crippen LogP contribution in [-0.2, 0) is 6.54 Å². The van der Waals surface area contributed by atoms with Crippen molar-refractivity contribution in [1.29, 1.82) is 0 Å². The van der Waals surface area contributed by atoms with Crippen LogP contribution in [0, 0.1) is 18.6 Å². The standard InChI is InChI=1S/C14H16F2N4/c1-3-17-13-7-14(20-9(2)19-13)18-8-10-4-5-11(15)6-12(10)16/h4-7H,3,8H2,1-2H3,(H2,17,18,19,20). The molecule has 0 radical (unpaired) electrons. The molecule has 0 unspecified atom stereocenters. The largest absolute Gasteiger partial charge is 0.370 e. The molecule has 1 aromatic carbocycles. The maximum atomic E-state index is 13.5. The molecule has 2 rings (SSSR count). The quantitative estimate of drug-likeness (QED) is 0.882. The van der Waals surface area contributed by atoms with Crippen LogP contribution in [0.15, 0.2) is 24.3 Å². The predicted molar refractivity (Wildman–Crippen MR) is 74.6 cm³/mol. The van der Waals surface area contributed by atoms with Crippen molar-refractivity contribution in [2.75, 3.05) is 17.2 Å². The fourth-order valence-corrected chi connectivity index (χ4v) is 1.78. The van der Waals surface area contributed by atoms with Gasteiger partial charge in [-0.3, -0.25) is 0 Å². The van der Waals surface area contributed by atoms with Gasteiger partial charge in [0, 0.05) is 30.8 Å². The van der Waals surface area contributed by atoms with Crippen molar-refractivity contribution < 1.29 is 8.78 Å². The van der Waals surface area contributed by atoms with Gasteiger partial charge in [0.05, 0.1) is 0 Å². The molecular weight excluding hydrogens is 262 g/mol. The van der Waals surface area contributed by atoms with Crippen LogP contribution >= 0.6 is 0 Å². The Labute approximate surface area is 116 Å². The van der Waals surface area contributed by atoms with E-state index in [9.17, 15) is 8.78 Å². The van der Waals surface area contributed by atoms with Crippen molar-refractivity contribution in [2.24, 2.45) is 0 Å². The summed E-state index contributed by atoms with van der Waals surface area (Å²) in [5.41, 5.74) is 0.382. The molecule has 20 heavy (non-hydrogen) atoms. The molecule has 0 fully saturated rings. The lowest BCUT2D eigenvalue weighted by atomic mass is 10.2. The highest BCUT2D eigenvalue weighted by molar-refractivity contribution is 5.47. The molecule has 0 aliphatic heterocycles. The second-order valence-electron chi connectivity index (χ2n) is 4.31. The number of nitrogens with one attached hydrogen (secondary N) is 2. The molecule has 106 valence electrons. The number of aromatic nitrogens is 2. The van der Waals surface area contributed by atoms with Gasteiger partial charge in [-0.05, 0) is 19.9 Å². The summed E-state index contributed by atoms with van der Waals surface area (Å²) < 4.78 is 26.3. The summed E-state index contributed by atoms with van der Waals surface area (Å²) in [5, 5.41) is 6.10. The van der Waals surface area contributed by atoms with Gasteiger partial charge in [0.1, 0.15) is 29.1 Å². The first-order valence-electron chi connectivity index (χ1n) is 6.36. The van der Waals surface area contributed by atoms with Gasteiger partial charge in [0.15, 0.2) is 0 Å². The smallest absolute Gasteiger partial charge is 0.132 e. The summed E-state index contributed by atoms with van der Waals surface area (Å²) in [6.45, 7) is 4.74. The number of hydrogen-bond acceptors (Lipinski definition) is 4. The van der Waals surface area contributed by atoms with E-state index >= 15 is 0 Å². The molecule has 1 aromatic heterocycles. The first-order valence-corrected chi connectivity index (χ1v) is 6.36. The van der Waals surface area contributed by atoms with E-state index in [0.717, 1.165) is 12.6 Å². The maximum absolute atomic E-state index is 13.5. The molecule has 0 saturated heterocycles. The molecule has 2 aromatic rings. The number of hydrogen-bond donors (Lipinski definition) is 2. The van der Waals surface area contributed by atoms with Crippen LogP contribution in [0.25, 0.3) is 0 Å². The van der Waals surface area contributed by atoms with Gasteiger partial charge >= 0.3 is 0 Å². The summed E-state index contributed by atoms with van der Waals surface area (Å²) in [6.07, 6.45) is 0. The van der Waals surface area contributed by atoms with Crippen LogP contribution in [0.4, 0.5) is 20.4 Å². The summed E-state index contributed by atoms with van der Waals surface area (Å²) in [5.74, 6) is 0.763. The van der Waals surface area contributed by atoms with E-state index in [1.165, 1.54) is 12.1 Å². The minimum atomic E-state index is -0.585. The zero-order chi connectivity index (χ0) is 14.5.